The van der Waals surface area contributed by atoms with Crippen molar-refractivity contribution in [2.24, 2.45) is 5.73 Å². The fourth-order valence-corrected chi connectivity index (χ4v) is 1.28. The molecule has 1 rings (SSSR count). The standard InChI is InChI=1S/C12H19NO2/c1-3-7-15-11-6-5-10(9-13)8-12(11)14-4-2/h5-6,8H,3-4,7,9,13H2,1-2H3. The zero-order valence-electron chi connectivity index (χ0n) is 9.45. The molecule has 0 aliphatic heterocycles. The van der Waals surface area contributed by atoms with Gasteiger partial charge < -0.3 is 15.2 Å². The van der Waals surface area contributed by atoms with Crippen molar-refractivity contribution in [2.75, 3.05) is 13.2 Å². The largest absolute Gasteiger partial charge is 0.490 e. The lowest BCUT2D eigenvalue weighted by Crippen LogP contribution is -2.02. The van der Waals surface area contributed by atoms with Crippen molar-refractivity contribution < 1.29 is 9.47 Å². The van der Waals surface area contributed by atoms with Crippen molar-refractivity contribution in [3.05, 3.63) is 23.8 Å². The predicted octanol–water partition coefficient (Wildman–Crippen LogP) is 2.33. The number of rotatable bonds is 6. The molecule has 0 fully saturated rings. The Balaban J connectivity index is 2.82. The second-order valence-corrected chi connectivity index (χ2v) is 3.27. The van der Waals surface area contributed by atoms with Gasteiger partial charge in [-0.3, -0.25) is 0 Å². The third-order valence-electron chi connectivity index (χ3n) is 2.01. The van der Waals surface area contributed by atoms with E-state index in [0.717, 1.165) is 23.5 Å². The summed E-state index contributed by atoms with van der Waals surface area (Å²) in [5.41, 5.74) is 6.63. The molecule has 0 spiro atoms. The van der Waals surface area contributed by atoms with Crippen molar-refractivity contribution >= 4 is 0 Å². The first-order valence-corrected chi connectivity index (χ1v) is 5.40. The number of benzene rings is 1. The molecule has 3 heteroatoms. The Kier molecular flexibility index (Phi) is 4.98. The van der Waals surface area contributed by atoms with Crippen LogP contribution in [-0.4, -0.2) is 13.2 Å². The Labute approximate surface area is 91.2 Å². The summed E-state index contributed by atoms with van der Waals surface area (Å²) < 4.78 is 11.1. The third kappa shape index (κ3) is 3.44. The summed E-state index contributed by atoms with van der Waals surface area (Å²) in [5, 5.41) is 0. The summed E-state index contributed by atoms with van der Waals surface area (Å²) in [7, 11) is 0. The average molecular weight is 209 g/mol. The molecule has 0 aliphatic carbocycles. The highest BCUT2D eigenvalue weighted by Crippen LogP contribution is 2.28. The van der Waals surface area contributed by atoms with Crippen LogP contribution in [0, 0.1) is 0 Å². The maximum atomic E-state index is 5.57. The minimum Gasteiger partial charge on any atom is -0.490 e. The third-order valence-corrected chi connectivity index (χ3v) is 2.01. The molecule has 15 heavy (non-hydrogen) atoms. The quantitative estimate of drug-likeness (QED) is 0.782. The average Bonchev–Trinajstić information content (AvgIpc) is 2.27. The Hall–Kier alpha value is -1.22. The summed E-state index contributed by atoms with van der Waals surface area (Å²) in [6.45, 7) is 5.90. The summed E-state index contributed by atoms with van der Waals surface area (Å²) in [6, 6.07) is 5.82. The Morgan fingerprint density at radius 1 is 1.13 bits per heavy atom. The normalized spacial score (nSPS) is 10.1. The first-order chi connectivity index (χ1) is 7.31. The highest BCUT2D eigenvalue weighted by Gasteiger charge is 2.05. The molecule has 0 amide bonds. The second-order valence-electron chi connectivity index (χ2n) is 3.27. The monoisotopic (exact) mass is 209 g/mol. The van der Waals surface area contributed by atoms with Crippen LogP contribution in [0.25, 0.3) is 0 Å². The van der Waals surface area contributed by atoms with E-state index in [-0.39, 0.29) is 0 Å². The van der Waals surface area contributed by atoms with Gasteiger partial charge in [0.05, 0.1) is 13.2 Å². The molecule has 0 saturated heterocycles. The van der Waals surface area contributed by atoms with E-state index < -0.39 is 0 Å². The Bertz CT molecular complexity index is 300. The van der Waals surface area contributed by atoms with Crippen molar-refractivity contribution in [3.8, 4) is 11.5 Å². The molecular weight excluding hydrogens is 190 g/mol. The van der Waals surface area contributed by atoms with Gasteiger partial charge in [0, 0.05) is 6.54 Å². The SMILES string of the molecule is CCCOc1ccc(CN)cc1OCC. The number of ether oxygens (including phenoxy) is 2. The zero-order valence-corrected chi connectivity index (χ0v) is 9.45. The lowest BCUT2D eigenvalue weighted by molar-refractivity contribution is 0.276. The van der Waals surface area contributed by atoms with Gasteiger partial charge in [0.15, 0.2) is 11.5 Å². The maximum absolute atomic E-state index is 5.57. The molecule has 84 valence electrons. The van der Waals surface area contributed by atoms with Gasteiger partial charge in [0.25, 0.3) is 0 Å². The number of hydrogen-bond donors (Lipinski definition) is 1. The van der Waals surface area contributed by atoms with Crippen molar-refractivity contribution in [1.29, 1.82) is 0 Å². The molecule has 0 heterocycles. The molecule has 1 aromatic rings. The molecule has 0 bridgehead atoms. The van der Waals surface area contributed by atoms with Gasteiger partial charge >= 0.3 is 0 Å². The van der Waals surface area contributed by atoms with E-state index in [4.69, 9.17) is 15.2 Å². The molecule has 0 saturated carbocycles. The topological polar surface area (TPSA) is 44.5 Å². The van der Waals surface area contributed by atoms with Gasteiger partial charge in [0.1, 0.15) is 0 Å². The smallest absolute Gasteiger partial charge is 0.161 e. The van der Waals surface area contributed by atoms with E-state index in [0.29, 0.717) is 19.8 Å². The van der Waals surface area contributed by atoms with E-state index in [1.165, 1.54) is 0 Å². The van der Waals surface area contributed by atoms with Gasteiger partial charge in [0.2, 0.25) is 0 Å². The summed E-state index contributed by atoms with van der Waals surface area (Å²) in [4.78, 5) is 0. The molecule has 3 nitrogen and oxygen atoms in total. The molecular formula is C12H19NO2. The molecule has 1 aromatic carbocycles. The highest BCUT2D eigenvalue weighted by molar-refractivity contribution is 5.42. The van der Waals surface area contributed by atoms with Crippen LogP contribution in [0.4, 0.5) is 0 Å². The van der Waals surface area contributed by atoms with Crippen LogP contribution in [0.3, 0.4) is 0 Å². The van der Waals surface area contributed by atoms with Gasteiger partial charge in [-0.2, -0.15) is 0 Å². The number of nitrogens with two attached hydrogens (primary N) is 1. The van der Waals surface area contributed by atoms with E-state index in [1.807, 2.05) is 25.1 Å². The predicted molar refractivity (Wildman–Crippen MR) is 61.3 cm³/mol. The van der Waals surface area contributed by atoms with Crippen LogP contribution < -0.4 is 15.2 Å². The van der Waals surface area contributed by atoms with E-state index in [2.05, 4.69) is 6.92 Å². The van der Waals surface area contributed by atoms with Gasteiger partial charge in [-0.25, -0.2) is 0 Å². The highest BCUT2D eigenvalue weighted by atomic mass is 16.5. The molecule has 0 aromatic heterocycles. The van der Waals surface area contributed by atoms with Crippen LogP contribution >= 0.6 is 0 Å². The summed E-state index contributed by atoms with van der Waals surface area (Å²) >= 11 is 0. The summed E-state index contributed by atoms with van der Waals surface area (Å²) in [6.07, 6.45) is 0.990. The lowest BCUT2D eigenvalue weighted by atomic mass is 10.2. The van der Waals surface area contributed by atoms with Crippen molar-refractivity contribution in [2.45, 2.75) is 26.8 Å². The first kappa shape index (κ1) is 11.9. The molecule has 0 radical (unpaired) electrons. The van der Waals surface area contributed by atoms with Gasteiger partial charge in [-0.15, -0.1) is 0 Å². The van der Waals surface area contributed by atoms with Crippen LogP contribution in [0.2, 0.25) is 0 Å². The van der Waals surface area contributed by atoms with Crippen molar-refractivity contribution in [3.63, 3.8) is 0 Å². The van der Waals surface area contributed by atoms with Crippen LogP contribution in [0.1, 0.15) is 25.8 Å². The van der Waals surface area contributed by atoms with Gasteiger partial charge in [-0.05, 0) is 31.0 Å². The fraction of sp³-hybridized carbons (Fsp3) is 0.500. The molecule has 0 unspecified atom stereocenters. The Morgan fingerprint density at radius 2 is 1.93 bits per heavy atom. The lowest BCUT2D eigenvalue weighted by Gasteiger charge is -2.12. The second kappa shape index (κ2) is 6.30. The number of hydrogen-bond acceptors (Lipinski definition) is 3. The van der Waals surface area contributed by atoms with Gasteiger partial charge in [-0.1, -0.05) is 13.0 Å². The van der Waals surface area contributed by atoms with Crippen molar-refractivity contribution in [1.82, 2.24) is 0 Å². The van der Waals surface area contributed by atoms with E-state index >= 15 is 0 Å². The maximum Gasteiger partial charge on any atom is 0.161 e. The Morgan fingerprint density at radius 3 is 2.53 bits per heavy atom. The van der Waals surface area contributed by atoms with E-state index in [1.54, 1.807) is 0 Å². The molecule has 2 N–H and O–H groups in total. The van der Waals surface area contributed by atoms with Crippen LogP contribution in [-0.2, 0) is 6.54 Å². The molecule has 0 atom stereocenters. The van der Waals surface area contributed by atoms with E-state index in [9.17, 15) is 0 Å². The minimum absolute atomic E-state index is 0.522. The van der Waals surface area contributed by atoms with Crippen LogP contribution in [0.15, 0.2) is 18.2 Å². The zero-order chi connectivity index (χ0) is 11.1. The molecule has 0 aliphatic rings. The summed E-state index contributed by atoms with van der Waals surface area (Å²) in [5.74, 6) is 1.59. The minimum atomic E-state index is 0.522. The van der Waals surface area contributed by atoms with Crippen LogP contribution in [0.5, 0.6) is 11.5 Å². The fourth-order valence-electron chi connectivity index (χ4n) is 1.28. The first-order valence-electron chi connectivity index (χ1n) is 5.40.